The fourth-order valence-electron chi connectivity index (χ4n) is 2.31. The van der Waals surface area contributed by atoms with E-state index in [0.29, 0.717) is 18.4 Å². The zero-order chi connectivity index (χ0) is 15.4. The number of nitrogens with zero attached hydrogens (tertiary/aromatic N) is 3. The molecular weight excluding hydrogens is 277 g/mol. The van der Waals surface area contributed by atoms with Gasteiger partial charge in [0.2, 0.25) is 0 Å². The summed E-state index contributed by atoms with van der Waals surface area (Å²) in [4.78, 5) is 0. The summed E-state index contributed by atoms with van der Waals surface area (Å²) in [6.45, 7) is 0. The third kappa shape index (κ3) is 2.89. The summed E-state index contributed by atoms with van der Waals surface area (Å²) < 4.78 is 15.8. The molecule has 0 aliphatic heterocycles. The van der Waals surface area contributed by atoms with Gasteiger partial charge in [-0.3, -0.25) is 0 Å². The lowest BCUT2D eigenvalue weighted by Gasteiger charge is -2.03. The maximum atomic E-state index is 14.1. The van der Waals surface area contributed by atoms with Crippen LogP contribution >= 0.6 is 0 Å². The molecule has 0 atom stereocenters. The minimum Gasteiger partial charge on any atom is -0.240 e. The van der Waals surface area contributed by atoms with E-state index in [1.165, 1.54) is 6.07 Å². The zero-order valence-electron chi connectivity index (χ0n) is 11.9. The van der Waals surface area contributed by atoms with Crippen LogP contribution in [0.3, 0.4) is 0 Å². The molecule has 3 aromatic rings. The third-order valence-electron chi connectivity index (χ3n) is 3.50. The second-order valence-corrected chi connectivity index (χ2v) is 4.97. The molecule has 0 saturated heterocycles. The Morgan fingerprint density at radius 1 is 1.09 bits per heavy atom. The van der Waals surface area contributed by atoms with Gasteiger partial charge in [0.05, 0.1) is 18.0 Å². The fourth-order valence-corrected chi connectivity index (χ4v) is 2.31. The Morgan fingerprint density at radius 3 is 2.64 bits per heavy atom. The van der Waals surface area contributed by atoms with E-state index >= 15 is 0 Å². The lowest BCUT2D eigenvalue weighted by atomic mass is 10.0. The molecule has 0 bridgehead atoms. The van der Waals surface area contributed by atoms with Gasteiger partial charge in [-0.15, -0.1) is 0 Å². The summed E-state index contributed by atoms with van der Waals surface area (Å²) in [5.41, 5.74) is 3.16. The van der Waals surface area contributed by atoms with Crippen molar-refractivity contribution in [3.05, 3.63) is 72.3 Å². The summed E-state index contributed by atoms with van der Waals surface area (Å²) in [5, 5.41) is 12.9. The highest BCUT2D eigenvalue weighted by atomic mass is 19.1. The van der Waals surface area contributed by atoms with E-state index in [9.17, 15) is 4.39 Å². The highest BCUT2D eigenvalue weighted by Gasteiger charge is 2.07. The van der Waals surface area contributed by atoms with Crippen LogP contribution in [0.1, 0.15) is 12.0 Å². The molecular formula is C18H14FN3. The summed E-state index contributed by atoms with van der Waals surface area (Å²) in [5.74, 6) is -0.278. The zero-order valence-corrected chi connectivity index (χ0v) is 11.9. The Balaban J connectivity index is 1.88. The van der Waals surface area contributed by atoms with Crippen molar-refractivity contribution in [2.24, 2.45) is 0 Å². The number of aromatic nitrogens is 2. The fraction of sp³-hybridized carbons (Fsp3) is 0.111. The molecule has 1 aromatic heterocycles. The van der Waals surface area contributed by atoms with Crippen LogP contribution in [0.2, 0.25) is 0 Å². The predicted octanol–water partition coefficient (Wildman–Crippen LogP) is 4.13. The summed E-state index contributed by atoms with van der Waals surface area (Å²) in [6, 6.07) is 16.9. The third-order valence-corrected chi connectivity index (χ3v) is 3.50. The van der Waals surface area contributed by atoms with Gasteiger partial charge in [-0.25, -0.2) is 9.07 Å². The number of para-hydroxylation sites is 1. The predicted molar refractivity (Wildman–Crippen MR) is 82.9 cm³/mol. The largest absolute Gasteiger partial charge is 0.240 e. The van der Waals surface area contributed by atoms with Gasteiger partial charge in [-0.1, -0.05) is 30.3 Å². The highest BCUT2D eigenvalue weighted by molar-refractivity contribution is 5.62. The highest BCUT2D eigenvalue weighted by Crippen LogP contribution is 2.23. The maximum absolute atomic E-state index is 14.1. The van der Waals surface area contributed by atoms with Crippen LogP contribution in [-0.2, 0) is 6.42 Å². The van der Waals surface area contributed by atoms with E-state index in [4.69, 9.17) is 5.26 Å². The molecule has 0 N–H and O–H groups in total. The van der Waals surface area contributed by atoms with Gasteiger partial charge in [0.1, 0.15) is 5.82 Å². The average Bonchev–Trinajstić information content (AvgIpc) is 3.04. The van der Waals surface area contributed by atoms with E-state index in [1.807, 2.05) is 48.7 Å². The van der Waals surface area contributed by atoms with Gasteiger partial charge in [0, 0.05) is 18.2 Å². The van der Waals surface area contributed by atoms with Crippen molar-refractivity contribution in [1.82, 2.24) is 9.78 Å². The number of hydrogen-bond donors (Lipinski definition) is 0. The van der Waals surface area contributed by atoms with Gasteiger partial charge < -0.3 is 0 Å². The van der Waals surface area contributed by atoms with Crippen molar-refractivity contribution in [3.63, 3.8) is 0 Å². The van der Waals surface area contributed by atoms with E-state index in [1.54, 1.807) is 16.9 Å². The van der Waals surface area contributed by atoms with E-state index in [0.717, 1.165) is 16.8 Å². The van der Waals surface area contributed by atoms with Crippen molar-refractivity contribution >= 4 is 0 Å². The number of nitriles is 1. The van der Waals surface area contributed by atoms with E-state index in [-0.39, 0.29) is 5.82 Å². The molecule has 22 heavy (non-hydrogen) atoms. The smallest absolute Gasteiger partial charge is 0.127 e. The van der Waals surface area contributed by atoms with Crippen LogP contribution in [0.25, 0.3) is 16.8 Å². The van der Waals surface area contributed by atoms with Crippen LogP contribution in [0.15, 0.2) is 60.9 Å². The molecule has 0 amide bonds. The summed E-state index contributed by atoms with van der Waals surface area (Å²) in [6.07, 6.45) is 4.35. The van der Waals surface area contributed by atoms with Gasteiger partial charge in [0.25, 0.3) is 0 Å². The average molecular weight is 291 g/mol. The van der Waals surface area contributed by atoms with Crippen LogP contribution in [-0.4, -0.2) is 9.78 Å². The number of aryl methyl sites for hydroxylation is 1. The van der Waals surface area contributed by atoms with Gasteiger partial charge in [-0.05, 0) is 35.7 Å². The quantitative estimate of drug-likeness (QED) is 0.725. The standard InChI is InChI=1S/C18H14FN3/c19-18-11-15(9-8-14(18)5-4-10-20)16-12-21-22(13-16)17-6-2-1-3-7-17/h1-3,6-9,11-13H,4-5H2. The monoisotopic (exact) mass is 291 g/mol. The molecule has 1 heterocycles. The topological polar surface area (TPSA) is 41.6 Å². The first kappa shape index (κ1) is 14.0. The molecule has 0 unspecified atom stereocenters. The molecule has 108 valence electrons. The van der Waals surface area contributed by atoms with Crippen molar-refractivity contribution in [3.8, 4) is 22.9 Å². The molecule has 2 aromatic carbocycles. The molecule has 0 saturated carbocycles. The first-order chi connectivity index (χ1) is 10.8. The molecule has 0 radical (unpaired) electrons. The lowest BCUT2D eigenvalue weighted by Crippen LogP contribution is -1.92. The summed E-state index contributed by atoms with van der Waals surface area (Å²) >= 11 is 0. The number of hydrogen-bond acceptors (Lipinski definition) is 2. The van der Waals surface area contributed by atoms with Crippen LogP contribution in [0, 0.1) is 17.1 Å². The van der Waals surface area contributed by atoms with Crippen molar-refractivity contribution in [2.45, 2.75) is 12.8 Å². The maximum Gasteiger partial charge on any atom is 0.127 e. The van der Waals surface area contributed by atoms with E-state index < -0.39 is 0 Å². The van der Waals surface area contributed by atoms with Crippen LogP contribution in [0.4, 0.5) is 4.39 Å². The number of rotatable bonds is 4. The van der Waals surface area contributed by atoms with Gasteiger partial charge in [0.15, 0.2) is 0 Å². The summed E-state index contributed by atoms with van der Waals surface area (Å²) in [7, 11) is 0. The minimum absolute atomic E-state index is 0.278. The molecule has 3 nitrogen and oxygen atoms in total. The SMILES string of the molecule is N#CCCc1ccc(-c2cnn(-c3ccccc3)c2)cc1F. The van der Waals surface area contributed by atoms with Crippen molar-refractivity contribution in [2.75, 3.05) is 0 Å². The van der Waals surface area contributed by atoms with E-state index in [2.05, 4.69) is 5.10 Å². The molecule has 3 rings (SSSR count). The second kappa shape index (κ2) is 6.23. The Labute approximate surface area is 128 Å². The van der Waals surface area contributed by atoms with Crippen molar-refractivity contribution < 1.29 is 4.39 Å². The number of halogens is 1. The molecule has 0 aliphatic carbocycles. The van der Waals surface area contributed by atoms with Gasteiger partial charge in [-0.2, -0.15) is 10.4 Å². The minimum atomic E-state index is -0.278. The van der Waals surface area contributed by atoms with Crippen molar-refractivity contribution in [1.29, 1.82) is 5.26 Å². The molecule has 0 aliphatic rings. The first-order valence-electron chi connectivity index (χ1n) is 7.04. The Hall–Kier alpha value is -2.93. The van der Waals surface area contributed by atoms with Crippen LogP contribution < -0.4 is 0 Å². The first-order valence-corrected chi connectivity index (χ1v) is 7.04. The Kier molecular flexibility index (Phi) is 3.97. The normalized spacial score (nSPS) is 10.4. The lowest BCUT2D eigenvalue weighted by molar-refractivity contribution is 0.610. The molecule has 4 heteroatoms. The second-order valence-electron chi connectivity index (χ2n) is 4.97. The number of benzene rings is 2. The molecule has 0 fully saturated rings. The van der Waals surface area contributed by atoms with Gasteiger partial charge >= 0.3 is 0 Å². The Bertz CT molecular complexity index is 816. The Morgan fingerprint density at radius 2 is 1.91 bits per heavy atom. The van der Waals surface area contributed by atoms with Crippen LogP contribution in [0.5, 0.6) is 0 Å². The molecule has 0 spiro atoms.